The molecule has 26 heavy (non-hydrogen) atoms. The maximum atomic E-state index is 12.4. The monoisotopic (exact) mass is 349 g/mol. The number of carbonyl (C=O) groups is 1. The zero-order valence-electron chi connectivity index (χ0n) is 14.3. The summed E-state index contributed by atoms with van der Waals surface area (Å²) in [6.45, 7) is 1.26. The van der Waals surface area contributed by atoms with Crippen molar-refractivity contribution >= 4 is 5.91 Å². The quantitative estimate of drug-likeness (QED) is 0.771. The Kier molecular flexibility index (Phi) is 4.63. The smallest absolute Gasteiger partial charge is 0.254 e. The number of aromatic nitrogens is 6. The molecule has 0 atom stereocenters. The van der Waals surface area contributed by atoms with Gasteiger partial charge in [0.15, 0.2) is 11.6 Å². The molecule has 132 valence electrons. The average molecular weight is 349 g/mol. The Morgan fingerprint density at radius 2 is 2.00 bits per heavy atom. The second-order valence-corrected chi connectivity index (χ2v) is 6.21. The van der Waals surface area contributed by atoms with E-state index in [0.717, 1.165) is 43.0 Å². The van der Waals surface area contributed by atoms with E-state index in [1.54, 1.807) is 12.4 Å². The summed E-state index contributed by atoms with van der Waals surface area (Å²) in [5.74, 6) is 2.12. The van der Waals surface area contributed by atoms with Crippen LogP contribution in [0.4, 0.5) is 0 Å². The number of pyridine rings is 1. The predicted octanol–water partition coefficient (Wildman–Crippen LogP) is 1.79. The van der Waals surface area contributed by atoms with E-state index in [1.165, 1.54) is 18.8 Å². The lowest BCUT2D eigenvalue weighted by atomic mass is 10.2. The molecule has 8 heteroatoms. The van der Waals surface area contributed by atoms with E-state index in [9.17, 15) is 4.79 Å². The Morgan fingerprint density at radius 1 is 1.12 bits per heavy atom. The second kappa shape index (κ2) is 7.38. The topological polar surface area (TPSA) is 98.5 Å². The molecule has 1 aliphatic rings. The van der Waals surface area contributed by atoms with E-state index in [1.807, 2.05) is 12.1 Å². The van der Waals surface area contributed by atoms with Crippen molar-refractivity contribution in [3.63, 3.8) is 0 Å². The third-order valence-electron chi connectivity index (χ3n) is 4.43. The number of carbonyl (C=O) groups excluding carboxylic acids is 1. The van der Waals surface area contributed by atoms with E-state index in [2.05, 4.69) is 35.0 Å². The number of nitrogens with one attached hydrogen (secondary N) is 1. The van der Waals surface area contributed by atoms with Crippen LogP contribution >= 0.6 is 0 Å². The lowest BCUT2D eigenvalue weighted by molar-refractivity contribution is 0.0948. The van der Waals surface area contributed by atoms with Crippen molar-refractivity contribution in [2.45, 2.75) is 38.8 Å². The molecule has 1 amide bonds. The van der Waals surface area contributed by atoms with Gasteiger partial charge >= 0.3 is 0 Å². The predicted molar refractivity (Wildman–Crippen MR) is 94.0 cm³/mol. The molecule has 0 bridgehead atoms. The molecular formula is C18H19N7O. The Morgan fingerprint density at radius 3 is 2.81 bits per heavy atom. The Bertz CT molecular complexity index is 890. The Hall–Kier alpha value is -3.16. The molecule has 0 saturated heterocycles. The van der Waals surface area contributed by atoms with Crippen molar-refractivity contribution in [2.75, 3.05) is 0 Å². The average Bonchev–Trinajstić information content (AvgIpc) is 2.93. The summed E-state index contributed by atoms with van der Waals surface area (Å²) in [4.78, 5) is 24.9. The normalized spacial score (nSPS) is 13.7. The van der Waals surface area contributed by atoms with Gasteiger partial charge in [-0.3, -0.25) is 9.78 Å². The largest absolute Gasteiger partial charge is 0.345 e. The second-order valence-electron chi connectivity index (χ2n) is 6.21. The highest BCUT2D eigenvalue weighted by Crippen LogP contribution is 2.15. The zero-order chi connectivity index (χ0) is 17.8. The summed E-state index contributed by atoms with van der Waals surface area (Å²) < 4.78 is 2.12. The summed E-state index contributed by atoms with van der Waals surface area (Å²) in [6.07, 6.45) is 10.8. The highest BCUT2D eigenvalue weighted by atomic mass is 16.1. The molecule has 0 radical (unpaired) electrons. The van der Waals surface area contributed by atoms with Crippen LogP contribution in [0.1, 0.15) is 41.3 Å². The number of hydrogen-bond donors (Lipinski definition) is 1. The molecule has 0 saturated carbocycles. The van der Waals surface area contributed by atoms with E-state index in [0.29, 0.717) is 17.9 Å². The van der Waals surface area contributed by atoms with Gasteiger partial charge in [0.05, 0.1) is 12.1 Å². The van der Waals surface area contributed by atoms with Crippen molar-refractivity contribution in [3.05, 3.63) is 54.1 Å². The first-order chi connectivity index (χ1) is 12.8. The van der Waals surface area contributed by atoms with Crippen LogP contribution in [0.5, 0.6) is 0 Å². The van der Waals surface area contributed by atoms with Gasteiger partial charge in [0.1, 0.15) is 5.82 Å². The third-order valence-corrected chi connectivity index (χ3v) is 4.43. The summed E-state index contributed by atoms with van der Waals surface area (Å²) in [5.41, 5.74) is 1.22. The SMILES string of the molecule is O=C(NCc1nnc2n1CCCCC2)c1cnc(-c2cccnc2)nc1. The van der Waals surface area contributed by atoms with Crippen molar-refractivity contribution in [3.8, 4) is 11.4 Å². The fourth-order valence-electron chi connectivity index (χ4n) is 3.03. The van der Waals surface area contributed by atoms with Gasteiger partial charge < -0.3 is 9.88 Å². The number of amides is 1. The third kappa shape index (κ3) is 3.44. The maximum Gasteiger partial charge on any atom is 0.254 e. The molecular weight excluding hydrogens is 330 g/mol. The van der Waals surface area contributed by atoms with E-state index in [4.69, 9.17) is 0 Å². The van der Waals surface area contributed by atoms with Gasteiger partial charge in [-0.05, 0) is 25.0 Å². The number of rotatable bonds is 4. The fraction of sp³-hybridized carbons (Fsp3) is 0.333. The molecule has 4 heterocycles. The lowest BCUT2D eigenvalue weighted by Gasteiger charge is -2.08. The molecule has 3 aromatic rings. The number of nitrogens with zero attached hydrogens (tertiary/aromatic N) is 6. The zero-order valence-corrected chi connectivity index (χ0v) is 14.3. The van der Waals surface area contributed by atoms with Gasteiger partial charge in [-0.25, -0.2) is 9.97 Å². The highest BCUT2D eigenvalue weighted by Gasteiger charge is 2.16. The molecule has 8 nitrogen and oxygen atoms in total. The van der Waals surface area contributed by atoms with E-state index < -0.39 is 0 Å². The summed E-state index contributed by atoms with van der Waals surface area (Å²) in [5, 5.41) is 11.3. The van der Waals surface area contributed by atoms with Crippen molar-refractivity contribution < 1.29 is 4.79 Å². The molecule has 0 spiro atoms. The van der Waals surface area contributed by atoms with Crippen molar-refractivity contribution in [1.29, 1.82) is 0 Å². The van der Waals surface area contributed by atoms with Crippen LogP contribution in [0.3, 0.4) is 0 Å². The Balaban J connectivity index is 1.42. The van der Waals surface area contributed by atoms with Crippen LogP contribution in [-0.4, -0.2) is 35.6 Å². The van der Waals surface area contributed by atoms with Crippen molar-refractivity contribution in [1.82, 2.24) is 35.0 Å². The minimum absolute atomic E-state index is 0.228. The minimum Gasteiger partial charge on any atom is -0.345 e. The molecule has 3 aromatic heterocycles. The maximum absolute atomic E-state index is 12.4. The summed E-state index contributed by atoms with van der Waals surface area (Å²) in [6, 6.07) is 3.69. The minimum atomic E-state index is -0.228. The molecule has 1 aliphatic heterocycles. The molecule has 4 rings (SSSR count). The highest BCUT2D eigenvalue weighted by molar-refractivity contribution is 5.93. The molecule has 0 aliphatic carbocycles. The summed E-state index contributed by atoms with van der Waals surface area (Å²) >= 11 is 0. The first kappa shape index (κ1) is 16.3. The van der Waals surface area contributed by atoms with Crippen molar-refractivity contribution in [2.24, 2.45) is 0 Å². The summed E-state index contributed by atoms with van der Waals surface area (Å²) in [7, 11) is 0. The van der Waals surface area contributed by atoms with Gasteiger partial charge in [0.25, 0.3) is 5.91 Å². The van der Waals surface area contributed by atoms with Gasteiger partial charge in [0, 0.05) is 43.3 Å². The lowest BCUT2D eigenvalue weighted by Crippen LogP contribution is -2.25. The van der Waals surface area contributed by atoms with Gasteiger partial charge in [-0.15, -0.1) is 10.2 Å². The molecule has 1 N–H and O–H groups in total. The van der Waals surface area contributed by atoms with Crippen LogP contribution in [0.25, 0.3) is 11.4 Å². The fourth-order valence-corrected chi connectivity index (χ4v) is 3.03. The van der Waals surface area contributed by atoms with Crippen LogP contribution in [0.2, 0.25) is 0 Å². The van der Waals surface area contributed by atoms with E-state index >= 15 is 0 Å². The molecule has 0 unspecified atom stereocenters. The first-order valence-electron chi connectivity index (χ1n) is 8.73. The van der Waals surface area contributed by atoms with Gasteiger partial charge in [-0.2, -0.15) is 0 Å². The molecule has 0 aromatic carbocycles. The van der Waals surface area contributed by atoms with Crippen LogP contribution in [-0.2, 0) is 19.5 Å². The number of hydrogen-bond acceptors (Lipinski definition) is 6. The van der Waals surface area contributed by atoms with Crippen LogP contribution < -0.4 is 5.32 Å². The number of fused-ring (bicyclic) bond motifs is 1. The van der Waals surface area contributed by atoms with Crippen LogP contribution in [0, 0.1) is 0 Å². The first-order valence-corrected chi connectivity index (χ1v) is 8.73. The molecule has 0 fully saturated rings. The Labute approximate surface area is 150 Å². The van der Waals surface area contributed by atoms with E-state index in [-0.39, 0.29) is 5.91 Å². The standard InChI is InChI=1S/C18H19N7O/c26-18(14-10-20-17(21-11-14)13-5-4-7-19-9-13)22-12-16-24-23-15-6-2-1-3-8-25(15)16/h4-5,7,9-11H,1-3,6,8,12H2,(H,22,26). The van der Waals surface area contributed by atoms with Crippen LogP contribution in [0.15, 0.2) is 36.9 Å². The van der Waals surface area contributed by atoms with Gasteiger partial charge in [0.2, 0.25) is 0 Å². The van der Waals surface area contributed by atoms with Gasteiger partial charge in [-0.1, -0.05) is 6.42 Å². The number of aryl methyl sites for hydroxylation is 1.